The lowest BCUT2D eigenvalue weighted by Gasteiger charge is -2.42. The molecule has 1 aliphatic heterocycles. The monoisotopic (exact) mass is 657 g/mol. The van der Waals surface area contributed by atoms with Crippen LogP contribution in [0.25, 0.3) is 11.5 Å². The van der Waals surface area contributed by atoms with Crippen molar-refractivity contribution in [3.05, 3.63) is 78.0 Å². The van der Waals surface area contributed by atoms with Crippen LogP contribution in [0.2, 0.25) is 0 Å². The highest BCUT2D eigenvalue weighted by atomic mass is 16.6. The Bertz CT molecular complexity index is 1670. The molecule has 5 rings (SSSR count). The quantitative estimate of drug-likeness (QED) is 0.202. The fourth-order valence-electron chi connectivity index (χ4n) is 5.61. The van der Waals surface area contributed by atoms with Gasteiger partial charge in [0.15, 0.2) is 0 Å². The van der Waals surface area contributed by atoms with Crippen molar-refractivity contribution in [1.29, 1.82) is 0 Å². The van der Waals surface area contributed by atoms with Gasteiger partial charge in [-0.3, -0.25) is 4.79 Å². The molecule has 1 saturated heterocycles. The number of amides is 2. The number of ether oxygens (including phenoxy) is 1. The van der Waals surface area contributed by atoms with Crippen LogP contribution in [0.15, 0.2) is 63.8 Å². The van der Waals surface area contributed by atoms with E-state index in [1.54, 1.807) is 17.4 Å². The molecule has 12 heteroatoms. The summed E-state index contributed by atoms with van der Waals surface area (Å²) < 4.78 is 17.5. The van der Waals surface area contributed by atoms with Crippen LogP contribution >= 0.6 is 0 Å². The molecule has 0 aliphatic carbocycles. The second-order valence-corrected chi connectivity index (χ2v) is 14.8. The number of anilines is 1. The molecule has 2 atom stereocenters. The third-order valence-electron chi connectivity index (χ3n) is 7.85. The van der Waals surface area contributed by atoms with Crippen LogP contribution in [0.4, 0.5) is 10.6 Å². The number of rotatable bonds is 9. The van der Waals surface area contributed by atoms with Crippen molar-refractivity contribution in [2.24, 2.45) is 5.92 Å². The summed E-state index contributed by atoms with van der Waals surface area (Å²) in [7, 11) is 0. The summed E-state index contributed by atoms with van der Waals surface area (Å²) in [5.74, 6) is 2.10. The average Bonchev–Trinajstić information content (AvgIpc) is 3.74. The average molecular weight is 658 g/mol. The molecule has 3 aromatic heterocycles. The fraction of sp³-hybridized carbons (Fsp3) is 0.500. The maximum atomic E-state index is 14.7. The van der Waals surface area contributed by atoms with Crippen LogP contribution in [0.1, 0.15) is 95.6 Å². The minimum Gasteiger partial charge on any atom is -0.467 e. The molecule has 0 radical (unpaired) electrons. The van der Waals surface area contributed by atoms with Crippen molar-refractivity contribution in [3.63, 3.8) is 0 Å². The maximum absolute atomic E-state index is 14.7. The van der Waals surface area contributed by atoms with Crippen molar-refractivity contribution in [1.82, 2.24) is 30.0 Å². The first kappa shape index (κ1) is 34.6. The van der Waals surface area contributed by atoms with Gasteiger partial charge in [-0.2, -0.15) is 0 Å². The van der Waals surface area contributed by atoms with E-state index in [0.717, 1.165) is 5.56 Å². The number of nitrogens with one attached hydrogen (secondary N) is 1. The SMILES string of the molecule is CC(C)CN(C(=O)c1cnc(C(C)(C)C)nc1NCc1ccco1)[C@H]1C[C@@H](c2nnc(-c3ccccc3)o2)CN(C(=O)OC(C)(C)C)C1. The second kappa shape index (κ2) is 14.2. The predicted molar refractivity (Wildman–Crippen MR) is 181 cm³/mol. The molecule has 1 fully saturated rings. The normalized spacial score (nSPS) is 17.0. The van der Waals surface area contributed by atoms with E-state index >= 15 is 0 Å². The number of carbonyl (C=O) groups is 2. The lowest BCUT2D eigenvalue weighted by atomic mass is 9.92. The van der Waals surface area contributed by atoms with Crippen LogP contribution in [0.5, 0.6) is 0 Å². The Morgan fingerprint density at radius 2 is 1.79 bits per heavy atom. The molecule has 1 aromatic carbocycles. The number of hydrogen-bond acceptors (Lipinski definition) is 10. The summed E-state index contributed by atoms with van der Waals surface area (Å²) in [4.78, 5) is 41.1. The highest BCUT2D eigenvalue weighted by Crippen LogP contribution is 2.33. The molecule has 0 bridgehead atoms. The van der Waals surface area contributed by atoms with Crippen molar-refractivity contribution in [2.45, 2.75) is 91.3 Å². The molecule has 0 unspecified atom stereocenters. The van der Waals surface area contributed by atoms with Crippen LogP contribution < -0.4 is 5.32 Å². The molecule has 1 aliphatic rings. The Labute approximate surface area is 282 Å². The predicted octanol–water partition coefficient (Wildman–Crippen LogP) is 6.92. The van der Waals surface area contributed by atoms with E-state index in [0.29, 0.717) is 60.8 Å². The Kier molecular flexibility index (Phi) is 10.2. The first-order chi connectivity index (χ1) is 22.7. The number of benzene rings is 1. The summed E-state index contributed by atoms with van der Waals surface area (Å²) in [6, 6.07) is 12.8. The van der Waals surface area contributed by atoms with E-state index in [1.807, 2.05) is 88.9 Å². The molecular weight excluding hydrogens is 610 g/mol. The molecule has 4 aromatic rings. The van der Waals surface area contributed by atoms with Gasteiger partial charge < -0.3 is 28.7 Å². The van der Waals surface area contributed by atoms with Gasteiger partial charge >= 0.3 is 6.09 Å². The minimum atomic E-state index is -0.696. The van der Waals surface area contributed by atoms with E-state index < -0.39 is 17.7 Å². The molecule has 1 N–H and O–H groups in total. The molecule has 2 amide bonds. The van der Waals surface area contributed by atoms with Gasteiger partial charge in [0.2, 0.25) is 11.8 Å². The van der Waals surface area contributed by atoms with Crippen molar-refractivity contribution < 1.29 is 23.2 Å². The van der Waals surface area contributed by atoms with Gasteiger partial charge in [0, 0.05) is 36.8 Å². The minimum absolute atomic E-state index is 0.131. The van der Waals surface area contributed by atoms with Crippen molar-refractivity contribution in [3.8, 4) is 11.5 Å². The number of hydrogen-bond donors (Lipinski definition) is 1. The zero-order valence-corrected chi connectivity index (χ0v) is 29.2. The molecule has 4 heterocycles. The van der Waals surface area contributed by atoms with E-state index in [2.05, 4.69) is 34.3 Å². The lowest BCUT2D eigenvalue weighted by molar-refractivity contribution is 0.00519. The summed E-state index contributed by atoms with van der Waals surface area (Å²) in [6.45, 7) is 17.1. The van der Waals surface area contributed by atoms with Gasteiger partial charge in [0.1, 0.15) is 28.6 Å². The summed E-state index contributed by atoms with van der Waals surface area (Å²) >= 11 is 0. The number of aromatic nitrogens is 4. The Balaban J connectivity index is 1.50. The van der Waals surface area contributed by atoms with Crippen LogP contribution in [0.3, 0.4) is 0 Å². The Morgan fingerprint density at radius 3 is 2.44 bits per heavy atom. The Morgan fingerprint density at radius 1 is 1.04 bits per heavy atom. The van der Waals surface area contributed by atoms with Gasteiger partial charge in [-0.25, -0.2) is 14.8 Å². The summed E-state index contributed by atoms with van der Waals surface area (Å²) in [6.07, 6.45) is 3.25. The highest BCUT2D eigenvalue weighted by molar-refractivity contribution is 5.98. The van der Waals surface area contributed by atoms with E-state index in [-0.39, 0.29) is 29.7 Å². The fourth-order valence-corrected chi connectivity index (χ4v) is 5.61. The van der Waals surface area contributed by atoms with E-state index in [1.165, 1.54) is 0 Å². The van der Waals surface area contributed by atoms with Gasteiger partial charge in [0.05, 0.1) is 24.8 Å². The number of likely N-dealkylation sites (tertiary alicyclic amines) is 1. The van der Waals surface area contributed by atoms with Gasteiger partial charge in [-0.15, -0.1) is 10.2 Å². The lowest BCUT2D eigenvalue weighted by Crippen LogP contribution is -2.55. The Hall–Kier alpha value is -4.74. The van der Waals surface area contributed by atoms with E-state index in [4.69, 9.17) is 18.6 Å². The first-order valence-electron chi connectivity index (χ1n) is 16.5. The second-order valence-electron chi connectivity index (χ2n) is 14.8. The van der Waals surface area contributed by atoms with Crippen molar-refractivity contribution in [2.75, 3.05) is 25.0 Å². The van der Waals surface area contributed by atoms with Gasteiger partial charge in [0.25, 0.3) is 5.91 Å². The molecule has 256 valence electrons. The number of carbonyl (C=O) groups excluding carboxylic acids is 2. The molecule has 0 spiro atoms. The molecule has 12 nitrogen and oxygen atoms in total. The van der Waals surface area contributed by atoms with Crippen LogP contribution in [0, 0.1) is 5.92 Å². The van der Waals surface area contributed by atoms with Gasteiger partial charge in [-0.1, -0.05) is 52.8 Å². The van der Waals surface area contributed by atoms with Crippen molar-refractivity contribution >= 4 is 17.8 Å². The largest absolute Gasteiger partial charge is 0.467 e. The summed E-state index contributed by atoms with van der Waals surface area (Å²) in [5.41, 5.74) is 0.106. The standard InChI is InChI=1S/C36H47N7O5/c1-23(2)20-43(32(44)28-19-38-33(35(3,4)5)39-29(28)37-18-27-15-12-16-46-27)26-17-25(21-42(22-26)34(45)48-36(6,7)8)31-41-40-30(47-31)24-13-10-9-11-14-24/h9-16,19,23,25-26H,17-18,20-22H2,1-8H3,(H,37,38,39)/t25-,26+/m1/s1. The first-order valence-corrected chi connectivity index (χ1v) is 16.5. The third kappa shape index (κ3) is 8.59. The number of piperidine rings is 1. The zero-order valence-electron chi connectivity index (χ0n) is 29.2. The molecule has 48 heavy (non-hydrogen) atoms. The van der Waals surface area contributed by atoms with Crippen LogP contribution in [-0.4, -0.2) is 73.2 Å². The number of nitrogens with zero attached hydrogens (tertiary/aromatic N) is 6. The molecule has 0 saturated carbocycles. The smallest absolute Gasteiger partial charge is 0.410 e. The zero-order chi connectivity index (χ0) is 34.6. The van der Waals surface area contributed by atoms with Gasteiger partial charge in [-0.05, 0) is 57.4 Å². The summed E-state index contributed by atoms with van der Waals surface area (Å²) in [5, 5.41) is 12.0. The third-order valence-corrected chi connectivity index (χ3v) is 7.85. The maximum Gasteiger partial charge on any atom is 0.410 e. The topological polar surface area (TPSA) is 140 Å². The number of furan rings is 1. The van der Waals surface area contributed by atoms with E-state index in [9.17, 15) is 9.59 Å². The highest BCUT2D eigenvalue weighted by Gasteiger charge is 2.40. The van der Waals surface area contributed by atoms with Crippen LogP contribution in [-0.2, 0) is 16.7 Å². The molecular formula is C36H47N7O5.